The number of methoxy groups -OCH3 is 1. The molecule has 2 rings (SSSR count). The number of amides is 1. The molecule has 0 atom stereocenters. The minimum atomic E-state index is -0.348. The molecule has 0 radical (unpaired) electrons. The standard InChI is InChI=1S/C13H10BrClN2O2/c1-19-12-3-2-8(14)6-10(12)17-13(18)11-7-9(15)4-5-16-11/h2-7H,1H3,(H,17,18). The molecular weight excluding hydrogens is 332 g/mol. The number of anilines is 1. The van der Waals surface area contributed by atoms with Gasteiger partial charge in [-0.3, -0.25) is 9.78 Å². The summed E-state index contributed by atoms with van der Waals surface area (Å²) in [5.74, 6) is 0.220. The molecule has 1 aromatic carbocycles. The number of benzene rings is 1. The zero-order chi connectivity index (χ0) is 13.8. The fourth-order valence-electron chi connectivity index (χ4n) is 1.49. The second-order valence-corrected chi connectivity index (χ2v) is 5.01. The average Bonchev–Trinajstić information content (AvgIpc) is 2.39. The van der Waals surface area contributed by atoms with E-state index in [4.69, 9.17) is 16.3 Å². The molecule has 0 bridgehead atoms. The Bertz CT molecular complexity index is 619. The molecule has 1 amide bonds. The molecule has 0 saturated heterocycles. The lowest BCUT2D eigenvalue weighted by Gasteiger charge is -2.10. The molecule has 19 heavy (non-hydrogen) atoms. The summed E-state index contributed by atoms with van der Waals surface area (Å²) in [6, 6.07) is 8.44. The Morgan fingerprint density at radius 1 is 1.37 bits per heavy atom. The SMILES string of the molecule is COc1ccc(Br)cc1NC(=O)c1cc(Cl)ccn1. The molecule has 2 aromatic rings. The second-order valence-electron chi connectivity index (χ2n) is 3.66. The third kappa shape index (κ3) is 3.45. The van der Waals surface area contributed by atoms with E-state index in [2.05, 4.69) is 26.2 Å². The number of hydrogen-bond donors (Lipinski definition) is 1. The Morgan fingerprint density at radius 3 is 2.84 bits per heavy atom. The van der Waals surface area contributed by atoms with Gasteiger partial charge >= 0.3 is 0 Å². The van der Waals surface area contributed by atoms with E-state index in [0.29, 0.717) is 16.5 Å². The van der Waals surface area contributed by atoms with Gasteiger partial charge in [0, 0.05) is 15.7 Å². The van der Waals surface area contributed by atoms with E-state index in [1.807, 2.05) is 6.07 Å². The fraction of sp³-hybridized carbons (Fsp3) is 0.0769. The smallest absolute Gasteiger partial charge is 0.274 e. The van der Waals surface area contributed by atoms with Gasteiger partial charge in [0.1, 0.15) is 11.4 Å². The van der Waals surface area contributed by atoms with Gasteiger partial charge in [-0.15, -0.1) is 0 Å². The van der Waals surface area contributed by atoms with Gasteiger partial charge in [-0.2, -0.15) is 0 Å². The van der Waals surface area contributed by atoms with Crippen LogP contribution in [0, 0.1) is 0 Å². The lowest BCUT2D eigenvalue weighted by molar-refractivity contribution is 0.102. The topological polar surface area (TPSA) is 51.2 Å². The van der Waals surface area contributed by atoms with Crippen molar-refractivity contribution < 1.29 is 9.53 Å². The molecule has 0 aliphatic rings. The monoisotopic (exact) mass is 340 g/mol. The third-order valence-electron chi connectivity index (χ3n) is 2.36. The van der Waals surface area contributed by atoms with Gasteiger partial charge in [-0.1, -0.05) is 27.5 Å². The van der Waals surface area contributed by atoms with Crippen LogP contribution in [0.4, 0.5) is 5.69 Å². The van der Waals surface area contributed by atoms with E-state index < -0.39 is 0 Å². The van der Waals surface area contributed by atoms with Crippen LogP contribution in [0.3, 0.4) is 0 Å². The zero-order valence-electron chi connectivity index (χ0n) is 9.98. The average molecular weight is 342 g/mol. The molecule has 0 unspecified atom stereocenters. The molecular formula is C13H10BrClN2O2. The summed E-state index contributed by atoms with van der Waals surface area (Å²) < 4.78 is 6.01. The third-order valence-corrected chi connectivity index (χ3v) is 3.09. The maximum absolute atomic E-state index is 12.0. The summed E-state index contributed by atoms with van der Waals surface area (Å²) in [6.45, 7) is 0. The lowest BCUT2D eigenvalue weighted by atomic mass is 10.2. The molecule has 0 saturated carbocycles. The van der Waals surface area contributed by atoms with Crippen molar-refractivity contribution in [3.05, 3.63) is 51.7 Å². The van der Waals surface area contributed by atoms with Crippen LogP contribution >= 0.6 is 27.5 Å². The molecule has 0 fully saturated rings. The maximum Gasteiger partial charge on any atom is 0.274 e. The van der Waals surface area contributed by atoms with Crippen LogP contribution in [0.25, 0.3) is 0 Å². The van der Waals surface area contributed by atoms with Crippen LogP contribution in [0.1, 0.15) is 10.5 Å². The van der Waals surface area contributed by atoms with Crippen LogP contribution in [0.5, 0.6) is 5.75 Å². The van der Waals surface area contributed by atoms with E-state index in [1.165, 1.54) is 19.4 Å². The van der Waals surface area contributed by atoms with E-state index in [1.54, 1.807) is 18.2 Å². The zero-order valence-corrected chi connectivity index (χ0v) is 12.3. The molecule has 6 heteroatoms. The number of ether oxygens (including phenoxy) is 1. The quantitative estimate of drug-likeness (QED) is 0.925. The van der Waals surface area contributed by atoms with Gasteiger partial charge in [-0.05, 0) is 30.3 Å². The lowest BCUT2D eigenvalue weighted by Crippen LogP contribution is -2.14. The van der Waals surface area contributed by atoms with Gasteiger partial charge < -0.3 is 10.1 Å². The van der Waals surface area contributed by atoms with Crippen LogP contribution in [-0.2, 0) is 0 Å². The number of hydrogen-bond acceptors (Lipinski definition) is 3. The van der Waals surface area contributed by atoms with E-state index in [0.717, 1.165) is 4.47 Å². The van der Waals surface area contributed by atoms with E-state index in [9.17, 15) is 4.79 Å². The first kappa shape index (κ1) is 13.8. The molecule has 4 nitrogen and oxygen atoms in total. The summed E-state index contributed by atoms with van der Waals surface area (Å²) in [5.41, 5.74) is 0.804. The van der Waals surface area contributed by atoms with Crippen molar-refractivity contribution in [3.8, 4) is 5.75 Å². The highest BCUT2D eigenvalue weighted by Gasteiger charge is 2.11. The number of halogens is 2. The highest BCUT2D eigenvalue weighted by molar-refractivity contribution is 9.10. The summed E-state index contributed by atoms with van der Waals surface area (Å²) in [6.07, 6.45) is 1.48. The maximum atomic E-state index is 12.0. The van der Waals surface area contributed by atoms with E-state index >= 15 is 0 Å². The number of nitrogens with zero attached hydrogens (tertiary/aromatic N) is 1. The van der Waals surface area contributed by atoms with Crippen molar-refractivity contribution >= 4 is 39.1 Å². The van der Waals surface area contributed by atoms with Crippen LogP contribution in [0.15, 0.2) is 41.0 Å². The highest BCUT2D eigenvalue weighted by atomic mass is 79.9. The Labute approximate surface area is 123 Å². The van der Waals surface area contributed by atoms with Crippen molar-refractivity contribution in [2.24, 2.45) is 0 Å². The van der Waals surface area contributed by atoms with Crippen molar-refractivity contribution in [3.63, 3.8) is 0 Å². The summed E-state index contributed by atoms with van der Waals surface area (Å²) >= 11 is 9.16. The molecule has 98 valence electrons. The molecule has 0 aliphatic carbocycles. The number of aromatic nitrogens is 1. The minimum absolute atomic E-state index is 0.245. The van der Waals surface area contributed by atoms with E-state index in [-0.39, 0.29) is 11.6 Å². The predicted octanol–water partition coefficient (Wildman–Crippen LogP) is 3.76. The van der Waals surface area contributed by atoms with Crippen LogP contribution in [0.2, 0.25) is 5.02 Å². The Kier molecular flexibility index (Phi) is 4.39. The number of carbonyl (C=O) groups excluding carboxylic acids is 1. The van der Waals surface area contributed by atoms with Crippen molar-refractivity contribution in [1.29, 1.82) is 0 Å². The minimum Gasteiger partial charge on any atom is -0.495 e. The molecule has 1 heterocycles. The van der Waals surface area contributed by atoms with Crippen molar-refractivity contribution in [2.45, 2.75) is 0 Å². The number of nitrogens with one attached hydrogen (secondary N) is 1. The van der Waals surface area contributed by atoms with Crippen LogP contribution < -0.4 is 10.1 Å². The van der Waals surface area contributed by atoms with Crippen LogP contribution in [-0.4, -0.2) is 18.0 Å². The van der Waals surface area contributed by atoms with Gasteiger partial charge in [-0.25, -0.2) is 0 Å². The highest BCUT2D eigenvalue weighted by Crippen LogP contribution is 2.28. The fourth-order valence-corrected chi connectivity index (χ4v) is 2.01. The summed E-state index contributed by atoms with van der Waals surface area (Å²) in [4.78, 5) is 16.0. The van der Waals surface area contributed by atoms with Gasteiger partial charge in [0.2, 0.25) is 0 Å². The van der Waals surface area contributed by atoms with Crippen molar-refractivity contribution in [1.82, 2.24) is 4.98 Å². The van der Waals surface area contributed by atoms with Gasteiger partial charge in [0.05, 0.1) is 12.8 Å². The van der Waals surface area contributed by atoms with Gasteiger partial charge in [0.25, 0.3) is 5.91 Å². The Hall–Kier alpha value is -1.59. The molecule has 0 spiro atoms. The van der Waals surface area contributed by atoms with Crippen molar-refractivity contribution in [2.75, 3.05) is 12.4 Å². The predicted molar refractivity (Wildman–Crippen MR) is 77.9 cm³/mol. The second kappa shape index (κ2) is 6.04. The Balaban J connectivity index is 2.26. The molecule has 0 aliphatic heterocycles. The first-order chi connectivity index (χ1) is 9.10. The normalized spacial score (nSPS) is 10.1. The largest absolute Gasteiger partial charge is 0.495 e. The number of pyridine rings is 1. The summed E-state index contributed by atoms with van der Waals surface area (Å²) in [5, 5.41) is 3.19. The van der Waals surface area contributed by atoms with Gasteiger partial charge in [0.15, 0.2) is 0 Å². The number of rotatable bonds is 3. The first-order valence-corrected chi connectivity index (χ1v) is 6.53. The summed E-state index contributed by atoms with van der Waals surface area (Å²) in [7, 11) is 1.54. The number of carbonyl (C=O) groups is 1. The molecule has 1 N–H and O–H groups in total. The Morgan fingerprint density at radius 2 is 2.16 bits per heavy atom. The molecule has 1 aromatic heterocycles. The first-order valence-electron chi connectivity index (χ1n) is 5.36.